The summed E-state index contributed by atoms with van der Waals surface area (Å²) in [4.78, 5) is 49.4. The highest BCUT2D eigenvalue weighted by Crippen LogP contribution is 2.28. The molecule has 2 heterocycles. The SMILES string of the molecule is Cl.NCCCCc1ccc2c(c1)C(=O)N(C1CCC(=O)NC1=O)C2=O. The molecule has 7 nitrogen and oxygen atoms in total. The smallest absolute Gasteiger partial charge is 0.262 e. The number of amides is 4. The quantitative estimate of drug-likeness (QED) is 0.592. The fourth-order valence-corrected chi connectivity index (χ4v) is 3.15. The van der Waals surface area contributed by atoms with E-state index in [9.17, 15) is 19.2 Å². The molecule has 1 unspecified atom stereocenters. The second-order valence-electron chi connectivity index (χ2n) is 6.07. The van der Waals surface area contributed by atoms with Gasteiger partial charge in [0.1, 0.15) is 6.04 Å². The van der Waals surface area contributed by atoms with Crippen LogP contribution in [0.1, 0.15) is 52.0 Å². The summed E-state index contributed by atoms with van der Waals surface area (Å²) < 4.78 is 0. The molecule has 1 fully saturated rings. The summed E-state index contributed by atoms with van der Waals surface area (Å²) in [5, 5.41) is 2.18. The lowest BCUT2D eigenvalue weighted by Crippen LogP contribution is -2.54. The molecule has 0 aliphatic carbocycles. The Morgan fingerprint density at radius 2 is 1.80 bits per heavy atom. The lowest BCUT2D eigenvalue weighted by atomic mass is 10.0. The highest BCUT2D eigenvalue weighted by Gasteiger charge is 2.44. The second-order valence-corrected chi connectivity index (χ2v) is 6.07. The molecule has 1 atom stereocenters. The van der Waals surface area contributed by atoms with Crippen LogP contribution < -0.4 is 11.1 Å². The first-order valence-electron chi connectivity index (χ1n) is 8.07. The fourth-order valence-electron chi connectivity index (χ4n) is 3.15. The number of rotatable bonds is 5. The van der Waals surface area contributed by atoms with Gasteiger partial charge < -0.3 is 5.73 Å². The number of piperidine rings is 1. The van der Waals surface area contributed by atoms with Gasteiger partial charge >= 0.3 is 0 Å². The van der Waals surface area contributed by atoms with Crippen molar-refractivity contribution in [2.45, 2.75) is 38.1 Å². The van der Waals surface area contributed by atoms with Crippen LogP contribution >= 0.6 is 12.4 Å². The van der Waals surface area contributed by atoms with E-state index in [1.54, 1.807) is 12.1 Å². The lowest BCUT2D eigenvalue weighted by molar-refractivity contribution is -0.136. The number of aryl methyl sites for hydroxylation is 1. The second kappa shape index (κ2) is 7.76. The molecule has 0 aromatic heterocycles. The summed E-state index contributed by atoms with van der Waals surface area (Å²) >= 11 is 0. The lowest BCUT2D eigenvalue weighted by Gasteiger charge is -2.27. The van der Waals surface area contributed by atoms with E-state index < -0.39 is 23.8 Å². The van der Waals surface area contributed by atoms with E-state index in [0.717, 1.165) is 29.7 Å². The minimum Gasteiger partial charge on any atom is -0.330 e. The first-order chi connectivity index (χ1) is 11.5. The zero-order valence-electron chi connectivity index (χ0n) is 13.6. The molecule has 1 aromatic rings. The van der Waals surface area contributed by atoms with Gasteiger partial charge in [0.25, 0.3) is 11.8 Å². The maximum Gasteiger partial charge on any atom is 0.262 e. The van der Waals surface area contributed by atoms with Gasteiger partial charge in [0.05, 0.1) is 11.1 Å². The van der Waals surface area contributed by atoms with Crippen LogP contribution in [0.15, 0.2) is 18.2 Å². The van der Waals surface area contributed by atoms with E-state index in [1.165, 1.54) is 0 Å². The monoisotopic (exact) mass is 365 g/mol. The van der Waals surface area contributed by atoms with E-state index in [1.807, 2.05) is 6.07 Å². The Bertz CT molecular complexity index is 735. The number of carbonyl (C=O) groups excluding carboxylic acids is 4. The third-order valence-corrected chi connectivity index (χ3v) is 4.42. The summed E-state index contributed by atoms with van der Waals surface area (Å²) in [5.41, 5.74) is 7.09. The highest BCUT2D eigenvalue weighted by molar-refractivity contribution is 6.23. The van der Waals surface area contributed by atoms with Crippen molar-refractivity contribution < 1.29 is 19.2 Å². The van der Waals surface area contributed by atoms with Crippen LogP contribution in [0.2, 0.25) is 0 Å². The molecule has 0 spiro atoms. The maximum atomic E-state index is 12.6. The van der Waals surface area contributed by atoms with Crippen molar-refractivity contribution in [2.24, 2.45) is 5.73 Å². The normalized spacial score (nSPS) is 19.6. The van der Waals surface area contributed by atoms with Gasteiger partial charge in [0.2, 0.25) is 11.8 Å². The van der Waals surface area contributed by atoms with Gasteiger partial charge in [-0.25, -0.2) is 0 Å². The third-order valence-electron chi connectivity index (χ3n) is 4.42. The van der Waals surface area contributed by atoms with Gasteiger partial charge in [-0.15, -0.1) is 12.4 Å². The molecule has 1 aromatic carbocycles. The van der Waals surface area contributed by atoms with Gasteiger partial charge in [-0.1, -0.05) is 6.07 Å². The molecule has 0 radical (unpaired) electrons. The standard InChI is InChI=1S/C17H19N3O4.ClH/c18-8-2-1-3-10-4-5-11-12(9-10)17(24)20(16(11)23)13-6-7-14(21)19-15(13)22;/h4-5,9,13H,1-3,6-8,18H2,(H,19,21,22);1H. The molecule has 25 heavy (non-hydrogen) atoms. The number of nitrogens with zero attached hydrogens (tertiary/aromatic N) is 1. The number of fused-ring (bicyclic) bond motifs is 1. The molecular weight excluding hydrogens is 346 g/mol. The molecular formula is C17H20ClN3O4. The summed E-state index contributed by atoms with van der Waals surface area (Å²) in [5.74, 6) is -1.91. The summed E-state index contributed by atoms with van der Waals surface area (Å²) in [6.07, 6.45) is 2.87. The Labute approximate surface area is 151 Å². The highest BCUT2D eigenvalue weighted by atomic mass is 35.5. The number of unbranched alkanes of at least 4 members (excludes halogenated alkanes) is 1. The molecule has 2 aliphatic heterocycles. The minimum absolute atomic E-state index is 0. The Morgan fingerprint density at radius 3 is 2.48 bits per heavy atom. The molecule has 8 heteroatoms. The van der Waals surface area contributed by atoms with Crippen LogP contribution in [-0.4, -0.2) is 41.1 Å². The molecule has 0 saturated carbocycles. The molecule has 0 bridgehead atoms. The molecule has 3 N–H and O–H groups in total. The summed E-state index contributed by atoms with van der Waals surface area (Å²) in [7, 11) is 0. The van der Waals surface area contributed by atoms with Crippen LogP contribution in [0.4, 0.5) is 0 Å². The van der Waals surface area contributed by atoms with Crippen LogP contribution in [0.5, 0.6) is 0 Å². The Balaban J connectivity index is 0.00000225. The van der Waals surface area contributed by atoms with Crippen molar-refractivity contribution in [2.75, 3.05) is 6.54 Å². The van der Waals surface area contributed by atoms with Gasteiger partial charge in [-0.05, 0) is 49.9 Å². The number of benzene rings is 1. The van der Waals surface area contributed by atoms with Gasteiger partial charge in [0, 0.05) is 6.42 Å². The van der Waals surface area contributed by atoms with Gasteiger partial charge in [-0.2, -0.15) is 0 Å². The molecule has 3 rings (SSSR count). The van der Waals surface area contributed by atoms with Crippen molar-refractivity contribution in [3.05, 3.63) is 34.9 Å². The molecule has 134 valence electrons. The zero-order chi connectivity index (χ0) is 17.3. The van der Waals surface area contributed by atoms with Crippen molar-refractivity contribution in [1.82, 2.24) is 10.2 Å². The number of nitrogens with one attached hydrogen (secondary N) is 1. The van der Waals surface area contributed by atoms with Crippen LogP contribution in [-0.2, 0) is 16.0 Å². The van der Waals surface area contributed by atoms with E-state index in [-0.39, 0.29) is 31.2 Å². The van der Waals surface area contributed by atoms with Crippen LogP contribution in [0.25, 0.3) is 0 Å². The topological polar surface area (TPSA) is 110 Å². The third kappa shape index (κ3) is 3.57. The van der Waals surface area contributed by atoms with Gasteiger partial charge in [0.15, 0.2) is 0 Å². The average Bonchev–Trinajstić information content (AvgIpc) is 2.80. The van der Waals surface area contributed by atoms with E-state index >= 15 is 0 Å². The molecule has 2 aliphatic rings. The Kier molecular flexibility index (Phi) is 5.92. The first-order valence-corrected chi connectivity index (χ1v) is 8.07. The Morgan fingerprint density at radius 1 is 1.08 bits per heavy atom. The zero-order valence-corrected chi connectivity index (χ0v) is 14.4. The first kappa shape index (κ1) is 19.1. The minimum atomic E-state index is -0.921. The number of hydrogen-bond acceptors (Lipinski definition) is 5. The number of carbonyl (C=O) groups is 4. The van der Waals surface area contributed by atoms with E-state index in [4.69, 9.17) is 5.73 Å². The van der Waals surface area contributed by atoms with Crippen molar-refractivity contribution in [3.8, 4) is 0 Å². The van der Waals surface area contributed by atoms with Gasteiger partial charge in [-0.3, -0.25) is 29.4 Å². The molecule has 1 saturated heterocycles. The van der Waals surface area contributed by atoms with Crippen LogP contribution in [0, 0.1) is 0 Å². The predicted octanol–water partition coefficient (Wildman–Crippen LogP) is 0.791. The van der Waals surface area contributed by atoms with Crippen LogP contribution in [0.3, 0.4) is 0 Å². The van der Waals surface area contributed by atoms with E-state index in [0.29, 0.717) is 17.7 Å². The van der Waals surface area contributed by atoms with E-state index in [2.05, 4.69) is 5.32 Å². The average molecular weight is 366 g/mol. The van der Waals surface area contributed by atoms with Crippen molar-refractivity contribution >= 4 is 36.0 Å². The number of nitrogens with two attached hydrogens (primary N) is 1. The summed E-state index contributed by atoms with van der Waals surface area (Å²) in [6.45, 7) is 0.617. The maximum absolute atomic E-state index is 12.6. The number of hydrogen-bond donors (Lipinski definition) is 2. The fraction of sp³-hybridized carbons (Fsp3) is 0.412. The van der Waals surface area contributed by atoms with Crippen molar-refractivity contribution in [3.63, 3.8) is 0 Å². The Hall–Kier alpha value is -2.25. The number of imide groups is 2. The number of halogens is 1. The largest absolute Gasteiger partial charge is 0.330 e. The van der Waals surface area contributed by atoms with Crippen molar-refractivity contribution in [1.29, 1.82) is 0 Å². The molecule has 4 amide bonds. The predicted molar refractivity (Wildman–Crippen MR) is 92.4 cm³/mol. The summed E-state index contributed by atoms with van der Waals surface area (Å²) in [6, 6.07) is 4.27.